The van der Waals surface area contributed by atoms with Crippen molar-refractivity contribution in [3.8, 4) is 0 Å². The molecule has 6 nitrogen and oxygen atoms in total. The van der Waals surface area contributed by atoms with E-state index in [2.05, 4.69) is 10.5 Å². The van der Waals surface area contributed by atoms with E-state index in [1.54, 1.807) is 12.1 Å². The van der Waals surface area contributed by atoms with Crippen LogP contribution in [0.2, 0.25) is 0 Å². The first kappa shape index (κ1) is 15.7. The van der Waals surface area contributed by atoms with E-state index in [0.29, 0.717) is 17.0 Å². The van der Waals surface area contributed by atoms with Gasteiger partial charge in [-0.25, -0.2) is 4.79 Å². The van der Waals surface area contributed by atoms with E-state index in [-0.39, 0.29) is 17.9 Å². The van der Waals surface area contributed by atoms with E-state index in [1.165, 1.54) is 12.1 Å². The first-order valence-corrected chi connectivity index (χ1v) is 7.43. The summed E-state index contributed by atoms with van der Waals surface area (Å²) < 4.78 is 5.28. The molecule has 0 aliphatic carbocycles. The number of rotatable bonds is 4. The van der Waals surface area contributed by atoms with Crippen molar-refractivity contribution in [3.63, 3.8) is 0 Å². The van der Waals surface area contributed by atoms with Gasteiger partial charge in [-0.2, -0.15) is 0 Å². The van der Waals surface area contributed by atoms with Crippen molar-refractivity contribution in [2.24, 2.45) is 0 Å². The number of carbonyl (C=O) groups is 2. The van der Waals surface area contributed by atoms with E-state index < -0.39 is 5.97 Å². The first-order chi connectivity index (χ1) is 11.4. The number of carbonyl (C=O) groups excluding carboxylic acids is 1. The van der Waals surface area contributed by atoms with Crippen molar-refractivity contribution < 1.29 is 19.2 Å². The third-order valence-electron chi connectivity index (χ3n) is 3.88. The number of nitrogens with one attached hydrogen (secondary N) is 1. The molecule has 0 saturated heterocycles. The smallest absolute Gasteiger partial charge is 0.335 e. The average molecular weight is 324 g/mol. The Labute approximate surface area is 138 Å². The Kier molecular flexibility index (Phi) is 4.04. The Bertz CT molecular complexity index is 943. The molecule has 6 heteroatoms. The van der Waals surface area contributed by atoms with Crippen molar-refractivity contribution in [2.75, 3.05) is 5.32 Å². The first-order valence-electron chi connectivity index (χ1n) is 7.43. The van der Waals surface area contributed by atoms with Crippen molar-refractivity contribution >= 4 is 28.5 Å². The molecule has 2 N–H and O–H groups in total. The minimum absolute atomic E-state index is 0.0484. The van der Waals surface area contributed by atoms with Gasteiger partial charge in [-0.15, -0.1) is 0 Å². The average Bonchev–Trinajstić information content (AvgIpc) is 2.90. The second kappa shape index (κ2) is 6.16. The van der Waals surface area contributed by atoms with Crippen LogP contribution in [0.1, 0.15) is 27.2 Å². The summed E-state index contributed by atoms with van der Waals surface area (Å²) in [6.07, 6.45) is 0.0484. The zero-order chi connectivity index (χ0) is 17.3. The van der Waals surface area contributed by atoms with E-state index in [1.807, 2.05) is 26.0 Å². The van der Waals surface area contributed by atoms with E-state index >= 15 is 0 Å². The van der Waals surface area contributed by atoms with Crippen molar-refractivity contribution in [1.82, 2.24) is 5.16 Å². The lowest BCUT2D eigenvalue weighted by Gasteiger charge is -2.05. The second-order valence-electron chi connectivity index (χ2n) is 5.67. The highest BCUT2D eigenvalue weighted by Gasteiger charge is 2.14. The van der Waals surface area contributed by atoms with Crippen LogP contribution in [0.25, 0.3) is 11.0 Å². The minimum Gasteiger partial charge on any atom is -0.478 e. The molecule has 0 radical (unpaired) electrons. The third kappa shape index (κ3) is 3.12. The Morgan fingerprint density at radius 1 is 1.17 bits per heavy atom. The molecule has 0 saturated carbocycles. The molecule has 3 rings (SSSR count). The maximum atomic E-state index is 12.2. The largest absolute Gasteiger partial charge is 0.478 e. The van der Waals surface area contributed by atoms with Gasteiger partial charge in [0.05, 0.1) is 12.0 Å². The fraction of sp³-hybridized carbons (Fsp3) is 0.167. The fourth-order valence-electron chi connectivity index (χ4n) is 2.46. The van der Waals surface area contributed by atoms with Crippen molar-refractivity contribution in [2.45, 2.75) is 20.3 Å². The van der Waals surface area contributed by atoms with Gasteiger partial charge in [-0.3, -0.25) is 4.79 Å². The third-order valence-corrected chi connectivity index (χ3v) is 3.88. The summed E-state index contributed by atoms with van der Waals surface area (Å²) in [5.41, 5.74) is 3.95. The number of amides is 1. The molecular weight excluding hydrogens is 308 g/mol. The number of anilines is 1. The Morgan fingerprint density at radius 3 is 2.67 bits per heavy atom. The number of fused-ring (bicyclic) bond motifs is 1. The minimum atomic E-state index is -1.04. The van der Waals surface area contributed by atoms with Crippen LogP contribution in [0.15, 0.2) is 40.9 Å². The van der Waals surface area contributed by atoms with Gasteiger partial charge in [0.15, 0.2) is 5.58 Å². The number of aromatic nitrogens is 1. The van der Waals surface area contributed by atoms with Gasteiger partial charge in [-0.05, 0) is 55.3 Å². The van der Waals surface area contributed by atoms with Gasteiger partial charge in [0.25, 0.3) is 0 Å². The molecule has 1 heterocycles. The van der Waals surface area contributed by atoms with Gasteiger partial charge in [0.1, 0.15) is 5.69 Å². The summed E-state index contributed by atoms with van der Waals surface area (Å²) in [5.74, 6) is -1.33. The van der Waals surface area contributed by atoms with Crippen LogP contribution < -0.4 is 5.32 Å². The molecule has 1 aromatic heterocycles. The van der Waals surface area contributed by atoms with Gasteiger partial charge >= 0.3 is 5.97 Å². The van der Waals surface area contributed by atoms with Gasteiger partial charge in [0, 0.05) is 11.1 Å². The Hall–Kier alpha value is -3.15. The van der Waals surface area contributed by atoms with E-state index in [0.717, 1.165) is 16.5 Å². The van der Waals surface area contributed by atoms with E-state index in [4.69, 9.17) is 9.63 Å². The predicted molar refractivity (Wildman–Crippen MR) is 89.2 cm³/mol. The second-order valence-corrected chi connectivity index (χ2v) is 5.67. The monoisotopic (exact) mass is 324 g/mol. The molecule has 1 amide bonds. The normalized spacial score (nSPS) is 10.8. The van der Waals surface area contributed by atoms with Crippen LogP contribution in [0.3, 0.4) is 0 Å². The lowest BCUT2D eigenvalue weighted by Crippen LogP contribution is -2.15. The zero-order valence-electron chi connectivity index (χ0n) is 13.3. The molecule has 0 bridgehead atoms. The number of hydrogen-bond acceptors (Lipinski definition) is 4. The van der Waals surface area contributed by atoms with Gasteiger partial charge in [-0.1, -0.05) is 11.2 Å². The number of aryl methyl sites for hydroxylation is 2. The summed E-state index contributed by atoms with van der Waals surface area (Å²) in [5, 5.41) is 16.5. The highest BCUT2D eigenvalue weighted by atomic mass is 16.5. The molecule has 24 heavy (non-hydrogen) atoms. The molecule has 0 spiro atoms. The number of aromatic carboxylic acids is 1. The summed E-state index contributed by atoms with van der Waals surface area (Å²) in [4.78, 5) is 23.2. The van der Waals surface area contributed by atoms with Crippen molar-refractivity contribution in [1.29, 1.82) is 0 Å². The zero-order valence-corrected chi connectivity index (χ0v) is 13.3. The van der Waals surface area contributed by atoms with Gasteiger partial charge < -0.3 is 14.9 Å². The highest BCUT2D eigenvalue weighted by Crippen LogP contribution is 2.23. The molecule has 122 valence electrons. The number of hydrogen-bond donors (Lipinski definition) is 2. The summed E-state index contributed by atoms with van der Waals surface area (Å²) >= 11 is 0. The maximum absolute atomic E-state index is 12.2. The highest BCUT2D eigenvalue weighted by molar-refractivity contribution is 5.96. The molecular formula is C18H16N2O4. The molecule has 0 fully saturated rings. The summed E-state index contributed by atoms with van der Waals surface area (Å²) in [6, 6.07) is 9.95. The lowest BCUT2D eigenvalue weighted by molar-refractivity contribution is -0.115. The molecule has 0 unspecified atom stereocenters. The number of benzene rings is 2. The molecule has 0 aliphatic heterocycles. The van der Waals surface area contributed by atoms with Crippen LogP contribution in [-0.2, 0) is 11.2 Å². The quantitative estimate of drug-likeness (QED) is 0.768. The molecule has 3 aromatic rings. The standard InChI is InChI=1S/C18H16N2O4/c1-10-6-14-15(20-24-16(14)7-11(10)2)9-17(21)19-13-5-3-4-12(8-13)18(22)23/h3-8H,9H2,1-2H3,(H,19,21)(H,22,23). The topological polar surface area (TPSA) is 92.4 Å². The molecule has 2 aromatic carbocycles. The molecule has 0 atom stereocenters. The molecule has 0 aliphatic rings. The Morgan fingerprint density at radius 2 is 1.92 bits per heavy atom. The van der Waals surface area contributed by atoms with Crippen LogP contribution >= 0.6 is 0 Å². The summed E-state index contributed by atoms with van der Waals surface area (Å²) in [6.45, 7) is 3.97. The fourth-order valence-corrected chi connectivity index (χ4v) is 2.46. The maximum Gasteiger partial charge on any atom is 0.335 e. The summed E-state index contributed by atoms with van der Waals surface area (Å²) in [7, 11) is 0. The van der Waals surface area contributed by atoms with Crippen LogP contribution in [-0.4, -0.2) is 22.1 Å². The number of nitrogens with zero attached hydrogens (tertiary/aromatic N) is 1. The van der Waals surface area contributed by atoms with Crippen molar-refractivity contribution in [3.05, 3.63) is 58.8 Å². The van der Waals surface area contributed by atoms with Crippen LogP contribution in [0, 0.1) is 13.8 Å². The van der Waals surface area contributed by atoms with Crippen LogP contribution in [0.4, 0.5) is 5.69 Å². The predicted octanol–water partition coefficient (Wildman–Crippen LogP) is 3.32. The SMILES string of the molecule is Cc1cc2onc(CC(=O)Nc3cccc(C(=O)O)c3)c2cc1C. The van der Waals surface area contributed by atoms with Crippen LogP contribution in [0.5, 0.6) is 0 Å². The number of carboxylic acid groups (broad SMARTS) is 1. The number of carboxylic acids is 1. The van der Waals surface area contributed by atoms with E-state index in [9.17, 15) is 9.59 Å². The Balaban J connectivity index is 1.79. The van der Waals surface area contributed by atoms with Gasteiger partial charge in [0.2, 0.25) is 5.91 Å². The lowest BCUT2D eigenvalue weighted by atomic mass is 10.1.